The zero-order chi connectivity index (χ0) is 14.2. The lowest BCUT2D eigenvalue weighted by Gasteiger charge is -2.38. The van der Waals surface area contributed by atoms with Crippen molar-refractivity contribution in [2.24, 2.45) is 5.73 Å². The Morgan fingerprint density at radius 3 is 2.79 bits per heavy atom. The molecule has 0 amide bonds. The Hall–Kier alpha value is -1.62. The van der Waals surface area contributed by atoms with Gasteiger partial charge in [-0.05, 0) is 45.2 Å². The highest BCUT2D eigenvalue weighted by molar-refractivity contribution is 6.01. The molecule has 0 radical (unpaired) electrons. The van der Waals surface area contributed by atoms with E-state index < -0.39 is 5.60 Å². The average molecular weight is 262 g/mol. The molecule has 0 spiro atoms. The van der Waals surface area contributed by atoms with E-state index >= 15 is 0 Å². The van der Waals surface area contributed by atoms with E-state index in [4.69, 9.17) is 11.1 Å². The summed E-state index contributed by atoms with van der Waals surface area (Å²) in [6, 6.07) is 1.93. The molecule has 2 rings (SSSR count). The molecule has 1 atom stereocenters. The molecule has 4 N–H and O–H groups in total. The van der Waals surface area contributed by atoms with Gasteiger partial charge in [0.15, 0.2) is 0 Å². The van der Waals surface area contributed by atoms with E-state index in [9.17, 15) is 5.11 Å². The largest absolute Gasteiger partial charge is 0.388 e. The number of nitrogens with two attached hydrogens (primary N) is 1. The van der Waals surface area contributed by atoms with Crippen LogP contribution in [0.15, 0.2) is 6.07 Å². The molecule has 1 aliphatic rings. The molecule has 0 saturated carbocycles. The summed E-state index contributed by atoms with van der Waals surface area (Å²) in [4.78, 5) is 6.58. The molecular weight excluding hydrogens is 240 g/mol. The second-order valence-electron chi connectivity index (χ2n) is 5.71. The highest BCUT2D eigenvalue weighted by Gasteiger charge is 2.30. The van der Waals surface area contributed by atoms with E-state index in [-0.39, 0.29) is 5.84 Å². The number of piperidine rings is 1. The van der Waals surface area contributed by atoms with E-state index in [0.717, 1.165) is 36.5 Å². The van der Waals surface area contributed by atoms with Gasteiger partial charge in [-0.25, -0.2) is 4.98 Å². The molecule has 1 unspecified atom stereocenters. The van der Waals surface area contributed by atoms with Gasteiger partial charge in [-0.15, -0.1) is 0 Å². The van der Waals surface area contributed by atoms with Crippen LogP contribution in [-0.2, 0) is 0 Å². The molecule has 1 saturated heterocycles. The van der Waals surface area contributed by atoms with E-state index in [1.807, 2.05) is 31.7 Å². The Balaban J connectivity index is 2.46. The number of anilines is 1. The number of hydrogen-bond acceptors (Lipinski definition) is 4. The maximum absolute atomic E-state index is 10.2. The number of hydrogen-bond donors (Lipinski definition) is 3. The van der Waals surface area contributed by atoms with Gasteiger partial charge in [-0.2, -0.15) is 0 Å². The van der Waals surface area contributed by atoms with Crippen molar-refractivity contribution >= 4 is 11.7 Å². The summed E-state index contributed by atoms with van der Waals surface area (Å²) in [5.74, 6) is 0.759. The zero-order valence-electron chi connectivity index (χ0n) is 11.8. The lowest BCUT2D eigenvalue weighted by molar-refractivity contribution is 0.0447. The van der Waals surface area contributed by atoms with Crippen molar-refractivity contribution in [3.8, 4) is 0 Å². The van der Waals surface area contributed by atoms with Crippen molar-refractivity contribution in [2.45, 2.75) is 39.2 Å². The molecule has 0 bridgehead atoms. The highest BCUT2D eigenvalue weighted by atomic mass is 16.3. The topological polar surface area (TPSA) is 86.2 Å². The fraction of sp³-hybridized carbons (Fsp3) is 0.571. The van der Waals surface area contributed by atoms with Crippen molar-refractivity contribution in [3.63, 3.8) is 0 Å². The van der Waals surface area contributed by atoms with Gasteiger partial charge in [0.2, 0.25) is 0 Å². The van der Waals surface area contributed by atoms with Crippen LogP contribution in [-0.4, -0.2) is 34.6 Å². The van der Waals surface area contributed by atoms with Crippen molar-refractivity contribution in [1.82, 2.24) is 4.98 Å². The Labute approximate surface area is 114 Å². The summed E-state index contributed by atoms with van der Waals surface area (Å²) >= 11 is 0. The monoisotopic (exact) mass is 262 g/mol. The normalized spacial score (nSPS) is 23.5. The van der Waals surface area contributed by atoms with Crippen LogP contribution in [0.25, 0.3) is 0 Å². The maximum Gasteiger partial charge on any atom is 0.140 e. The molecule has 0 aliphatic carbocycles. The summed E-state index contributed by atoms with van der Waals surface area (Å²) in [6.45, 7) is 7.09. The number of β-amino-alcohol motifs (C(OH)–C–C–N with tert-alkyl or cyclic N) is 1. The van der Waals surface area contributed by atoms with Gasteiger partial charge in [0, 0.05) is 18.8 Å². The summed E-state index contributed by atoms with van der Waals surface area (Å²) in [5.41, 5.74) is 7.54. The minimum absolute atomic E-state index is 0.0326. The van der Waals surface area contributed by atoms with Gasteiger partial charge in [0.25, 0.3) is 0 Å². The van der Waals surface area contributed by atoms with Crippen LogP contribution in [0.5, 0.6) is 0 Å². The molecule has 1 aliphatic heterocycles. The van der Waals surface area contributed by atoms with Gasteiger partial charge in [-0.1, -0.05) is 0 Å². The van der Waals surface area contributed by atoms with Crippen molar-refractivity contribution in [2.75, 3.05) is 18.0 Å². The lowest BCUT2D eigenvalue weighted by atomic mass is 9.94. The van der Waals surface area contributed by atoms with E-state index in [1.54, 1.807) is 0 Å². The maximum atomic E-state index is 10.2. The Morgan fingerprint density at radius 1 is 1.53 bits per heavy atom. The number of rotatable bonds is 2. The van der Waals surface area contributed by atoms with Gasteiger partial charge < -0.3 is 15.7 Å². The summed E-state index contributed by atoms with van der Waals surface area (Å²) < 4.78 is 0. The van der Waals surface area contributed by atoms with Gasteiger partial charge in [-0.3, -0.25) is 5.41 Å². The number of amidine groups is 1. The first-order valence-corrected chi connectivity index (χ1v) is 6.60. The first-order valence-electron chi connectivity index (χ1n) is 6.60. The predicted molar refractivity (Wildman–Crippen MR) is 76.8 cm³/mol. The summed E-state index contributed by atoms with van der Waals surface area (Å²) in [6.07, 6.45) is 1.71. The molecule has 5 heteroatoms. The first kappa shape index (κ1) is 13.8. The molecule has 19 heavy (non-hydrogen) atoms. The molecule has 5 nitrogen and oxygen atoms in total. The summed E-state index contributed by atoms with van der Waals surface area (Å²) in [7, 11) is 0. The number of aromatic nitrogens is 1. The van der Waals surface area contributed by atoms with Crippen LogP contribution in [0.3, 0.4) is 0 Å². The second kappa shape index (κ2) is 4.81. The third-order valence-corrected chi connectivity index (χ3v) is 3.57. The third kappa shape index (κ3) is 2.87. The number of nitrogens with zero attached hydrogens (tertiary/aromatic N) is 2. The molecule has 0 aromatic carbocycles. The Kier molecular flexibility index (Phi) is 3.49. The van der Waals surface area contributed by atoms with Crippen molar-refractivity contribution in [1.29, 1.82) is 5.41 Å². The standard InChI is InChI=1S/C14H22N4O/c1-9-7-10(2)17-13(11(9)12(15)16)18-6-4-5-14(3,19)8-18/h7,19H,4-6,8H2,1-3H3,(H3,15,16). The number of nitrogen functional groups attached to an aromatic ring is 1. The number of nitrogens with one attached hydrogen (secondary N) is 1. The van der Waals surface area contributed by atoms with E-state index in [2.05, 4.69) is 4.98 Å². The third-order valence-electron chi connectivity index (χ3n) is 3.57. The summed E-state index contributed by atoms with van der Waals surface area (Å²) in [5, 5.41) is 18.0. The van der Waals surface area contributed by atoms with E-state index in [0.29, 0.717) is 12.1 Å². The number of aliphatic hydroxyl groups is 1. The molecule has 2 heterocycles. The van der Waals surface area contributed by atoms with Crippen molar-refractivity contribution < 1.29 is 5.11 Å². The Morgan fingerprint density at radius 2 is 2.21 bits per heavy atom. The molecule has 1 fully saturated rings. The quantitative estimate of drug-likeness (QED) is 0.554. The van der Waals surface area contributed by atoms with E-state index in [1.165, 1.54) is 0 Å². The van der Waals surface area contributed by atoms with Crippen LogP contribution in [0, 0.1) is 19.3 Å². The van der Waals surface area contributed by atoms with Crippen LogP contribution >= 0.6 is 0 Å². The second-order valence-corrected chi connectivity index (χ2v) is 5.71. The highest BCUT2D eigenvalue weighted by Crippen LogP contribution is 2.28. The molecule has 1 aromatic rings. The Bertz CT molecular complexity index is 510. The zero-order valence-corrected chi connectivity index (χ0v) is 11.8. The van der Waals surface area contributed by atoms with Crippen molar-refractivity contribution in [3.05, 3.63) is 22.9 Å². The predicted octanol–water partition coefficient (Wildman–Crippen LogP) is 1.33. The van der Waals surface area contributed by atoms with Crippen LogP contribution in [0.4, 0.5) is 5.82 Å². The van der Waals surface area contributed by atoms with Crippen LogP contribution in [0.1, 0.15) is 36.6 Å². The number of pyridine rings is 1. The van der Waals surface area contributed by atoms with Gasteiger partial charge >= 0.3 is 0 Å². The lowest BCUT2D eigenvalue weighted by Crippen LogP contribution is -2.47. The first-order chi connectivity index (χ1) is 8.80. The van der Waals surface area contributed by atoms with Crippen LogP contribution < -0.4 is 10.6 Å². The van der Waals surface area contributed by atoms with Gasteiger partial charge in [0.05, 0.1) is 11.2 Å². The fourth-order valence-electron chi connectivity index (χ4n) is 2.78. The molecule has 104 valence electrons. The number of aryl methyl sites for hydroxylation is 2. The minimum atomic E-state index is -0.703. The fourth-order valence-corrected chi connectivity index (χ4v) is 2.78. The SMILES string of the molecule is Cc1cc(C)c(C(=N)N)c(N2CCCC(C)(O)C2)n1. The van der Waals surface area contributed by atoms with Crippen LogP contribution in [0.2, 0.25) is 0 Å². The minimum Gasteiger partial charge on any atom is -0.388 e. The average Bonchev–Trinajstić information content (AvgIpc) is 2.25. The van der Waals surface area contributed by atoms with Gasteiger partial charge in [0.1, 0.15) is 11.7 Å². The molecular formula is C14H22N4O. The smallest absolute Gasteiger partial charge is 0.140 e. The molecule has 1 aromatic heterocycles.